The number of hydrogen-bond acceptors (Lipinski definition) is 4. The van der Waals surface area contributed by atoms with Crippen molar-refractivity contribution in [2.24, 2.45) is 0 Å². The summed E-state index contributed by atoms with van der Waals surface area (Å²) >= 11 is 1.67. The molecule has 0 spiro atoms. The van der Waals surface area contributed by atoms with Crippen LogP contribution in [0.2, 0.25) is 0 Å². The minimum absolute atomic E-state index is 0.162. The molecule has 1 heterocycles. The summed E-state index contributed by atoms with van der Waals surface area (Å²) in [7, 11) is 0. The van der Waals surface area contributed by atoms with E-state index >= 15 is 0 Å². The molecule has 0 aliphatic heterocycles. The maximum absolute atomic E-state index is 13.3. The number of carbonyl (C=O) groups is 1. The van der Waals surface area contributed by atoms with Gasteiger partial charge in [0.1, 0.15) is 5.75 Å². The van der Waals surface area contributed by atoms with Crippen molar-refractivity contribution in [2.75, 3.05) is 19.5 Å². The number of amides is 1. The number of ether oxygens (including phenoxy) is 1. The van der Waals surface area contributed by atoms with Crippen molar-refractivity contribution in [1.82, 2.24) is 10.3 Å². The van der Waals surface area contributed by atoms with E-state index in [9.17, 15) is 9.90 Å². The summed E-state index contributed by atoms with van der Waals surface area (Å²) in [6.07, 6.45) is 4.49. The Labute approximate surface area is 198 Å². The molecule has 4 rings (SSSR count). The lowest BCUT2D eigenvalue weighted by atomic mass is 10.0. The number of thioether (sulfide) groups is 1. The second-order valence-corrected chi connectivity index (χ2v) is 8.61. The molecule has 0 saturated heterocycles. The van der Waals surface area contributed by atoms with E-state index in [4.69, 9.17) is 4.74 Å². The molecular weight excluding hydrogens is 432 g/mol. The molecule has 1 amide bonds. The zero-order valence-corrected chi connectivity index (χ0v) is 19.6. The quantitative estimate of drug-likeness (QED) is 0.297. The van der Waals surface area contributed by atoms with Crippen LogP contribution in [0.5, 0.6) is 5.75 Å². The fourth-order valence-corrected chi connectivity index (χ4v) is 4.65. The number of H-pyrrole nitrogens is 1. The molecule has 0 aliphatic carbocycles. The Bertz CT molecular complexity index is 1250. The molecule has 3 aromatic carbocycles. The van der Waals surface area contributed by atoms with E-state index in [1.54, 1.807) is 11.8 Å². The van der Waals surface area contributed by atoms with E-state index in [2.05, 4.69) is 22.4 Å². The number of rotatable bonds is 9. The molecule has 4 aromatic rings. The van der Waals surface area contributed by atoms with Gasteiger partial charge in [-0.25, -0.2) is 0 Å². The number of aromatic amines is 1. The standard InChI is InChI=1S/C27H28N2O3S/c1-3-32-25-13-12-18(22-9-5-7-11-26(22)33-2)15-23(25)27(31)29-20(17-30)14-19-16-28-24-10-6-4-8-21(19)24/h4-13,15-16,20,28,30H,3,14,17H2,1-2H3,(H,29,31)/t20-/m1/s1. The van der Waals surface area contributed by atoms with Gasteiger partial charge in [0.05, 0.1) is 24.8 Å². The zero-order valence-electron chi connectivity index (χ0n) is 18.8. The Kier molecular flexibility index (Phi) is 7.37. The van der Waals surface area contributed by atoms with E-state index in [0.29, 0.717) is 24.3 Å². The van der Waals surface area contributed by atoms with E-state index in [-0.39, 0.29) is 12.5 Å². The topological polar surface area (TPSA) is 74.3 Å². The van der Waals surface area contributed by atoms with Crippen molar-refractivity contribution in [2.45, 2.75) is 24.3 Å². The van der Waals surface area contributed by atoms with Gasteiger partial charge < -0.3 is 20.1 Å². The predicted octanol–water partition coefficient (Wildman–Crippen LogP) is 5.29. The van der Waals surface area contributed by atoms with Crippen molar-refractivity contribution in [3.63, 3.8) is 0 Å². The maximum atomic E-state index is 13.3. The highest BCUT2D eigenvalue weighted by Gasteiger charge is 2.20. The average Bonchev–Trinajstić information content (AvgIpc) is 3.26. The van der Waals surface area contributed by atoms with Crippen molar-refractivity contribution in [3.8, 4) is 16.9 Å². The molecule has 0 radical (unpaired) electrons. The van der Waals surface area contributed by atoms with Gasteiger partial charge in [-0.05, 0) is 60.6 Å². The molecule has 3 N–H and O–H groups in total. The fraction of sp³-hybridized carbons (Fsp3) is 0.222. The number of hydrogen-bond donors (Lipinski definition) is 3. The summed E-state index contributed by atoms with van der Waals surface area (Å²) in [5.41, 5.74) is 4.57. The minimum atomic E-state index is -0.423. The number of benzene rings is 3. The van der Waals surface area contributed by atoms with Crippen LogP contribution in [0.4, 0.5) is 0 Å². The molecule has 0 fully saturated rings. The highest BCUT2D eigenvalue weighted by Crippen LogP contribution is 2.33. The number of aromatic nitrogens is 1. The zero-order chi connectivity index (χ0) is 23.2. The third-order valence-corrected chi connectivity index (χ3v) is 6.43. The normalized spacial score (nSPS) is 12.0. The first-order valence-electron chi connectivity index (χ1n) is 11.0. The molecule has 0 bridgehead atoms. The van der Waals surface area contributed by atoms with Crippen LogP contribution in [-0.2, 0) is 6.42 Å². The van der Waals surface area contributed by atoms with E-state index < -0.39 is 6.04 Å². The van der Waals surface area contributed by atoms with E-state index in [1.165, 1.54) is 0 Å². The molecular formula is C27H28N2O3S. The number of carbonyl (C=O) groups excluding carboxylic acids is 1. The van der Waals surface area contributed by atoms with Crippen LogP contribution in [0.15, 0.2) is 77.8 Å². The first kappa shape index (κ1) is 23.0. The first-order valence-corrected chi connectivity index (χ1v) is 12.2. The first-order chi connectivity index (χ1) is 16.1. The molecule has 0 unspecified atom stereocenters. The number of aliphatic hydroxyl groups excluding tert-OH is 1. The maximum Gasteiger partial charge on any atom is 0.255 e. The predicted molar refractivity (Wildman–Crippen MR) is 135 cm³/mol. The minimum Gasteiger partial charge on any atom is -0.493 e. The lowest BCUT2D eigenvalue weighted by Gasteiger charge is -2.18. The second kappa shape index (κ2) is 10.6. The SMILES string of the molecule is CCOc1ccc(-c2ccccc2SC)cc1C(=O)N[C@@H](CO)Cc1c[nH]c2ccccc12. The Balaban J connectivity index is 1.61. The average molecular weight is 461 g/mol. The Hall–Kier alpha value is -3.22. The van der Waals surface area contributed by atoms with Gasteiger partial charge in [0, 0.05) is 22.0 Å². The van der Waals surface area contributed by atoms with Gasteiger partial charge in [-0.15, -0.1) is 11.8 Å². The highest BCUT2D eigenvalue weighted by molar-refractivity contribution is 7.98. The molecule has 1 aromatic heterocycles. The summed E-state index contributed by atoms with van der Waals surface area (Å²) in [5.74, 6) is 0.269. The van der Waals surface area contributed by atoms with Crippen LogP contribution < -0.4 is 10.1 Å². The van der Waals surface area contributed by atoms with Gasteiger partial charge in [0.15, 0.2) is 0 Å². The van der Waals surface area contributed by atoms with E-state index in [1.807, 2.05) is 74.0 Å². The largest absolute Gasteiger partial charge is 0.493 e. The third kappa shape index (κ3) is 5.07. The van der Waals surface area contributed by atoms with Crippen molar-refractivity contribution in [3.05, 3.63) is 84.1 Å². The summed E-state index contributed by atoms with van der Waals surface area (Å²) in [6.45, 7) is 2.19. The highest BCUT2D eigenvalue weighted by atomic mass is 32.2. The van der Waals surface area contributed by atoms with Crippen molar-refractivity contribution in [1.29, 1.82) is 0 Å². The molecule has 5 nitrogen and oxygen atoms in total. The Morgan fingerprint density at radius 2 is 1.91 bits per heavy atom. The second-order valence-electron chi connectivity index (χ2n) is 7.76. The molecule has 0 aliphatic rings. The van der Waals surface area contributed by atoms with Gasteiger partial charge in [0.2, 0.25) is 0 Å². The van der Waals surface area contributed by atoms with Crippen molar-refractivity contribution >= 4 is 28.6 Å². The van der Waals surface area contributed by atoms with Crippen LogP contribution in [0.3, 0.4) is 0 Å². The van der Waals surface area contributed by atoms with Crippen LogP contribution in [0.1, 0.15) is 22.8 Å². The van der Waals surface area contributed by atoms with Crippen LogP contribution in [0.25, 0.3) is 22.0 Å². The lowest BCUT2D eigenvalue weighted by Crippen LogP contribution is -2.39. The molecule has 170 valence electrons. The van der Waals surface area contributed by atoms with Crippen LogP contribution in [0, 0.1) is 0 Å². The third-order valence-electron chi connectivity index (χ3n) is 5.64. The fourth-order valence-electron chi connectivity index (χ4n) is 4.03. The molecule has 1 atom stereocenters. The molecule has 6 heteroatoms. The number of nitrogens with one attached hydrogen (secondary N) is 2. The Morgan fingerprint density at radius 1 is 1.12 bits per heavy atom. The van der Waals surface area contributed by atoms with E-state index in [0.717, 1.165) is 32.5 Å². The van der Waals surface area contributed by atoms with Gasteiger partial charge in [-0.2, -0.15) is 0 Å². The summed E-state index contributed by atoms with van der Waals surface area (Å²) in [6, 6.07) is 21.4. The summed E-state index contributed by atoms with van der Waals surface area (Å²) in [4.78, 5) is 17.7. The number of aliphatic hydroxyl groups is 1. The lowest BCUT2D eigenvalue weighted by molar-refractivity contribution is 0.0913. The number of para-hydroxylation sites is 1. The Morgan fingerprint density at radius 3 is 2.70 bits per heavy atom. The van der Waals surface area contributed by atoms with Gasteiger partial charge >= 0.3 is 0 Å². The van der Waals surface area contributed by atoms with Crippen LogP contribution >= 0.6 is 11.8 Å². The van der Waals surface area contributed by atoms with Crippen LogP contribution in [-0.4, -0.2) is 41.5 Å². The summed E-state index contributed by atoms with van der Waals surface area (Å²) in [5, 5.41) is 14.1. The van der Waals surface area contributed by atoms with Crippen molar-refractivity contribution < 1.29 is 14.6 Å². The smallest absolute Gasteiger partial charge is 0.255 e. The van der Waals surface area contributed by atoms with Gasteiger partial charge in [-0.3, -0.25) is 4.79 Å². The summed E-state index contributed by atoms with van der Waals surface area (Å²) < 4.78 is 5.75. The number of fused-ring (bicyclic) bond motifs is 1. The monoisotopic (exact) mass is 460 g/mol. The van der Waals surface area contributed by atoms with Gasteiger partial charge in [-0.1, -0.05) is 42.5 Å². The van der Waals surface area contributed by atoms with Gasteiger partial charge in [0.25, 0.3) is 5.91 Å². The molecule has 33 heavy (non-hydrogen) atoms. The molecule has 0 saturated carbocycles.